The van der Waals surface area contributed by atoms with Crippen LogP contribution in [0.15, 0.2) is 30.5 Å². The second-order valence-corrected chi connectivity index (χ2v) is 5.95. The maximum Gasteiger partial charge on any atom is 0.251 e. The third kappa shape index (κ3) is 4.68. The van der Waals surface area contributed by atoms with Gasteiger partial charge in [-0.15, -0.1) is 11.3 Å². The zero-order valence-electron chi connectivity index (χ0n) is 12.0. The maximum atomic E-state index is 12.0. The highest BCUT2D eigenvalue weighted by Gasteiger charge is 2.06. The van der Waals surface area contributed by atoms with Crippen molar-refractivity contribution < 1.29 is 9.59 Å². The third-order valence-corrected chi connectivity index (χ3v) is 3.73. The lowest BCUT2D eigenvalue weighted by atomic mass is 10.2. The van der Waals surface area contributed by atoms with Gasteiger partial charge < -0.3 is 10.6 Å². The molecule has 0 aliphatic carbocycles. The van der Waals surface area contributed by atoms with Crippen LogP contribution in [-0.4, -0.2) is 23.3 Å². The standard InChI is InChI=1S/C15H17N3O2S/c1-10-9-17-14(21-10)7-8-16-15(20)12-3-5-13(6-4-12)18-11(2)19/h3-6,9H,7-8H2,1-2H3,(H,16,20)(H,18,19). The molecule has 0 radical (unpaired) electrons. The Morgan fingerprint density at radius 1 is 1.24 bits per heavy atom. The topological polar surface area (TPSA) is 71.1 Å². The summed E-state index contributed by atoms with van der Waals surface area (Å²) >= 11 is 1.64. The molecule has 0 unspecified atom stereocenters. The van der Waals surface area contributed by atoms with E-state index in [1.807, 2.05) is 13.1 Å². The number of hydrogen-bond donors (Lipinski definition) is 2. The van der Waals surface area contributed by atoms with Crippen LogP contribution >= 0.6 is 11.3 Å². The maximum absolute atomic E-state index is 12.0. The zero-order chi connectivity index (χ0) is 15.2. The Kier molecular flexibility index (Phi) is 5.05. The van der Waals surface area contributed by atoms with Crippen molar-refractivity contribution in [3.05, 3.63) is 45.9 Å². The van der Waals surface area contributed by atoms with E-state index in [0.29, 0.717) is 17.8 Å². The lowest BCUT2D eigenvalue weighted by Crippen LogP contribution is -2.25. The van der Waals surface area contributed by atoms with Crippen LogP contribution in [0.2, 0.25) is 0 Å². The summed E-state index contributed by atoms with van der Waals surface area (Å²) in [6.07, 6.45) is 2.57. The number of amides is 2. The summed E-state index contributed by atoms with van der Waals surface area (Å²) in [5.74, 6) is -0.261. The highest BCUT2D eigenvalue weighted by atomic mass is 32.1. The molecule has 0 fully saturated rings. The van der Waals surface area contributed by atoms with Crippen molar-refractivity contribution in [3.63, 3.8) is 0 Å². The molecule has 0 bridgehead atoms. The molecule has 0 atom stereocenters. The van der Waals surface area contributed by atoms with Gasteiger partial charge in [0, 0.05) is 42.2 Å². The van der Waals surface area contributed by atoms with Gasteiger partial charge >= 0.3 is 0 Å². The van der Waals surface area contributed by atoms with E-state index in [9.17, 15) is 9.59 Å². The molecule has 6 heteroatoms. The van der Waals surface area contributed by atoms with Gasteiger partial charge in [-0.3, -0.25) is 9.59 Å². The fourth-order valence-electron chi connectivity index (χ4n) is 1.81. The summed E-state index contributed by atoms with van der Waals surface area (Å²) in [7, 11) is 0. The summed E-state index contributed by atoms with van der Waals surface area (Å²) < 4.78 is 0. The number of aromatic nitrogens is 1. The van der Waals surface area contributed by atoms with Crippen molar-refractivity contribution in [2.24, 2.45) is 0 Å². The Bertz CT molecular complexity index is 635. The summed E-state index contributed by atoms with van der Waals surface area (Å²) in [5.41, 5.74) is 1.25. The highest BCUT2D eigenvalue weighted by Crippen LogP contribution is 2.12. The largest absolute Gasteiger partial charge is 0.352 e. The Morgan fingerprint density at radius 3 is 2.52 bits per heavy atom. The minimum Gasteiger partial charge on any atom is -0.352 e. The first-order chi connectivity index (χ1) is 10.0. The summed E-state index contributed by atoms with van der Waals surface area (Å²) in [5, 5.41) is 6.54. The van der Waals surface area contributed by atoms with Gasteiger partial charge in [0.2, 0.25) is 5.91 Å². The van der Waals surface area contributed by atoms with Crippen molar-refractivity contribution in [1.29, 1.82) is 0 Å². The first-order valence-corrected chi connectivity index (χ1v) is 7.43. The van der Waals surface area contributed by atoms with Crippen LogP contribution in [0.25, 0.3) is 0 Å². The molecule has 5 nitrogen and oxygen atoms in total. The normalized spacial score (nSPS) is 10.2. The Balaban J connectivity index is 1.84. The number of nitrogens with one attached hydrogen (secondary N) is 2. The number of benzene rings is 1. The molecule has 2 aromatic rings. The van der Waals surface area contributed by atoms with Crippen LogP contribution in [0.3, 0.4) is 0 Å². The van der Waals surface area contributed by atoms with Gasteiger partial charge in [-0.2, -0.15) is 0 Å². The van der Waals surface area contributed by atoms with Gasteiger partial charge in [-0.25, -0.2) is 4.98 Å². The molecule has 1 aromatic carbocycles. The molecule has 110 valence electrons. The third-order valence-electron chi connectivity index (χ3n) is 2.76. The number of nitrogens with zero attached hydrogens (tertiary/aromatic N) is 1. The molecular weight excluding hydrogens is 286 g/mol. The quantitative estimate of drug-likeness (QED) is 0.891. The molecule has 0 aliphatic heterocycles. The smallest absolute Gasteiger partial charge is 0.251 e. The first kappa shape index (κ1) is 15.2. The predicted molar refractivity (Wildman–Crippen MR) is 83.6 cm³/mol. The molecule has 0 saturated carbocycles. The Labute approximate surface area is 127 Å². The van der Waals surface area contributed by atoms with Crippen LogP contribution < -0.4 is 10.6 Å². The summed E-state index contributed by atoms with van der Waals surface area (Å²) in [6.45, 7) is 4.01. The fourth-order valence-corrected chi connectivity index (χ4v) is 2.60. The number of carbonyl (C=O) groups excluding carboxylic acids is 2. The van der Waals surface area contributed by atoms with Gasteiger partial charge in [-0.1, -0.05) is 0 Å². The van der Waals surface area contributed by atoms with Gasteiger partial charge in [0.25, 0.3) is 5.91 Å². The molecule has 1 heterocycles. The second kappa shape index (κ2) is 6.99. The van der Waals surface area contributed by atoms with E-state index < -0.39 is 0 Å². The minimum atomic E-state index is -0.133. The molecule has 21 heavy (non-hydrogen) atoms. The predicted octanol–water partition coefficient (Wildman–Crippen LogP) is 2.38. The number of hydrogen-bond acceptors (Lipinski definition) is 4. The summed E-state index contributed by atoms with van der Waals surface area (Å²) in [4.78, 5) is 28.3. The average molecular weight is 303 g/mol. The van der Waals surface area contributed by atoms with Crippen LogP contribution in [0.5, 0.6) is 0 Å². The Hall–Kier alpha value is -2.21. The molecule has 1 aromatic heterocycles. The van der Waals surface area contributed by atoms with Crippen LogP contribution in [0.4, 0.5) is 5.69 Å². The van der Waals surface area contributed by atoms with Crippen molar-refractivity contribution in [1.82, 2.24) is 10.3 Å². The molecular formula is C15H17N3O2S. The molecule has 0 saturated heterocycles. The van der Waals surface area contributed by atoms with Gasteiger partial charge in [0.1, 0.15) is 0 Å². The number of rotatable bonds is 5. The second-order valence-electron chi connectivity index (χ2n) is 4.63. The molecule has 2 N–H and O–H groups in total. The van der Waals surface area contributed by atoms with Crippen molar-refractivity contribution in [2.45, 2.75) is 20.3 Å². The van der Waals surface area contributed by atoms with Crippen molar-refractivity contribution in [2.75, 3.05) is 11.9 Å². The van der Waals surface area contributed by atoms with Gasteiger partial charge in [-0.05, 0) is 31.2 Å². The van der Waals surface area contributed by atoms with Crippen LogP contribution in [0.1, 0.15) is 27.2 Å². The number of aryl methyl sites for hydroxylation is 1. The zero-order valence-corrected chi connectivity index (χ0v) is 12.8. The summed E-state index contributed by atoms with van der Waals surface area (Å²) in [6, 6.07) is 6.79. The van der Waals surface area contributed by atoms with Crippen molar-refractivity contribution >= 4 is 28.8 Å². The average Bonchev–Trinajstić information content (AvgIpc) is 2.84. The van der Waals surface area contributed by atoms with Crippen molar-refractivity contribution in [3.8, 4) is 0 Å². The van der Waals surface area contributed by atoms with E-state index in [2.05, 4.69) is 15.6 Å². The SMILES string of the molecule is CC(=O)Nc1ccc(C(=O)NCCc2ncc(C)s2)cc1. The number of carbonyl (C=O) groups is 2. The van der Waals surface area contributed by atoms with Gasteiger partial charge in [0.05, 0.1) is 5.01 Å². The van der Waals surface area contributed by atoms with E-state index in [0.717, 1.165) is 11.4 Å². The fraction of sp³-hybridized carbons (Fsp3) is 0.267. The van der Waals surface area contributed by atoms with Crippen LogP contribution in [-0.2, 0) is 11.2 Å². The molecule has 0 aliphatic rings. The van der Waals surface area contributed by atoms with E-state index in [1.165, 1.54) is 11.8 Å². The first-order valence-electron chi connectivity index (χ1n) is 6.62. The van der Waals surface area contributed by atoms with E-state index in [4.69, 9.17) is 0 Å². The van der Waals surface area contributed by atoms with E-state index in [1.54, 1.807) is 35.6 Å². The minimum absolute atomic E-state index is 0.127. The van der Waals surface area contributed by atoms with E-state index >= 15 is 0 Å². The lowest BCUT2D eigenvalue weighted by Gasteiger charge is -2.06. The highest BCUT2D eigenvalue weighted by molar-refractivity contribution is 7.11. The molecule has 2 rings (SSSR count). The lowest BCUT2D eigenvalue weighted by molar-refractivity contribution is -0.114. The van der Waals surface area contributed by atoms with Gasteiger partial charge in [0.15, 0.2) is 0 Å². The molecule has 0 spiro atoms. The van der Waals surface area contributed by atoms with E-state index in [-0.39, 0.29) is 11.8 Å². The number of anilines is 1. The monoisotopic (exact) mass is 303 g/mol. The van der Waals surface area contributed by atoms with Crippen LogP contribution in [0, 0.1) is 6.92 Å². The molecule has 2 amide bonds. The number of thiazole rings is 1. The Morgan fingerprint density at radius 2 is 1.95 bits per heavy atom.